The first-order valence-corrected chi connectivity index (χ1v) is 11.2. The van der Waals surface area contributed by atoms with Crippen LogP contribution in [0, 0.1) is 11.6 Å². The SMILES string of the molecule is O=C1/C(=C/c2cccc(F)c2)CN(C(=O)/C=C/c2ccc(C(F)(F)F)cc2)C/C1=C\c1cccc(F)c1. The fourth-order valence-corrected chi connectivity index (χ4v) is 3.85. The van der Waals surface area contributed by atoms with Gasteiger partial charge in [0.15, 0.2) is 5.78 Å². The van der Waals surface area contributed by atoms with E-state index in [9.17, 15) is 31.5 Å². The van der Waals surface area contributed by atoms with Crippen LogP contribution in [-0.4, -0.2) is 29.7 Å². The number of amides is 1. The number of nitrogens with zero attached hydrogens (tertiary/aromatic N) is 1. The van der Waals surface area contributed by atoms with E-state index in [-0.39, 0.29) is 30.0 Å². The number of alkyl halides is 3. The molecule has 0 N–H and O–H groups in total. The number of carbonyl (C=O) groups is 2. The first-order valence-electron chi connectivity index (χ1n) is 11.2. The van der Waals surface area contributed by atoms with E-state index in [1.54, 1.807) is 12.1 Å². The van der Waals surface area contributed by atoms with Crippen LogP contribution in [0.4, 0.5) is 22.0 Å². The standard InChI is InChI=1S/C29H20F5NO2/c30-25-5-1-3-20(15-25)13-22-17-35(18-23(28(22)37)14-21-4-2-6-26(31)16-21)27(36)12-9-19-7-10-24(11-8-19)29(32,33)34/h1-16H,17-18H2/b12-9+,22-13+,23-14+. The molecule has 4 rings (SSSR count). The molecule has 0 unspecified atom stereocenters. The van der Waals surface area contributed by atoms with Gasteiger partial charge in [-0.3, -0.25) is 9.59 Å². The first kappa shape index (κ1) is 25.8. The van der Waals surface area contributed by atoms with E-state index in [2.05, 4.69) is 0 Å². The molecule has 1 heterocycles. The van der Waals surface area contributed by atoms with Crippen molar-refractivity contribution in [1.29, 1.82) is 0 Å². The molecular formula is C29H20F5NO2. The van der Waals surface area contributed by atoms with Gasteiger partial charge >= 0.3 is 6.18 Å². The number of Topliss-reactive ketones (excluding diaryl/α,β-unsaturated/α-hetero) is 1. The maximum Gasteiger partial charge on any atom is 0.416 e. The van der Waals surface area contributed by atoms with Crippen LogP contribution in [0.2, 0.25) is 0 Å². The van der Waals surface area contributed by atoms with Crippen LogP contribution in [0.25, 0.3) is 18.2 Å². The Morgan fingerprint density at radius 1 is 0.757 bits per heavy atom. The molecule has 0 aromatic heterocycles. The van der Waals surface area contributed by atoms with E-state index in [0.29, 0.717) is 16.7 Å². The van der Waals surface area contributed by atoms with Crippen molar-refractivity contribution < 1.29 is 31.5 Å². The molecule has 1 fully saturated rings. The summed E-state index contributed by atoms with van der Waals surface area (Å²) < 4.78 is 65.7. The van der Waals surface area contributed by atoms with Crippen LogP contribution in [0.1, 0.15) is 22.3 Å². The third kappa shape index (κ3) is 6.67. The predicted octanol–water partition coefficient (Wildman–Crippen LogP) is 6.58. The van der Waals surface area contributed by atoms with Gasteiger partial charge in [0.25, 0.3) is 0 Å². The Balaban J connectivity index is 1.63. The zero-order valence-corrected chi connectivity index (χ0v) is 19.3. The molecular weight excluding hydrogens is 489 g/mol. The quantitative estimate of drug-likeness (QED) is 0.295. The van der Waals surface area contributed by atoms with Crippen molar-refractivity contribution in [2.75, 3.05) is 13.1 Å². The molecule has 1 saturated heterocycles. The highest BCUT2D eigenvalue weighted by Crippen LogP contribution is 2.29. The van der Waals surface area contributed by atoms with Gasteiger partial charge < -0.3 is 4.90 Å². The van der Waals surface area contributed by atoms with Gasteiger partial charge in [0.05, 0.1) is 18.7 Å². The van der Waals surface area contributed by atoms with Crippen LogP contribution in [0.15, 0.2) is 90.0 Å². The largest absolute Gasteiger partial charge is 0.416 e. The van der Waals surface area contributed by atoms with Gasteiger partial charge in [-0.1, -0.05) is 36.4 Å². The lowest BCUT2D eigenvalue weighted by atomic mass is 9.94. The van der Waals surface area contributed by atoms with Crippen molar-refractivity contribution in [3.63, 3.8) is 0 Å². The number of hydrogen-bond acceptors (Lipinski definition) is 2. The summed E-state index contributed by atoms with van der Waals surface area (Å²) in [5.41, 5.74) is 0.919. The highest BCUT2D eigenvalue weighted by Gasteiger charge is 2.30. The van der Waals surface area contributed by atoms with Crippen LogP contribution >= 0.6 is 0 Å². The Bertz CT molecular complexity index is 1350. The van der Waals surface area contributed by atoms with Crippen molar-refractivity contribution in [3.05, 3.63) is 124 Å². The summed E-state index contributed by atoms with van der Waals surface area (Å²) in [5.74, 6) is -1.81. The summed E-state index contributed by atoms with van der Waals surface area (Å²) in [5, 5.41) is 0. The molecule has 3 aromatic rings. The molecule has 37 heavy (non-hydrogen) atoms. The maximum atomic E-state index is 13.7. The van der Waals surface area contributed by atoms with E-state index in [1.807, 2.05) is 0 Å². The molecule has 1 amide bonds. The summed E-state index contributed by atoms with van der Waals surface area (Å²) in [4.78, 5) is 27.5. The van der Waals surface area contributed by atoms with Gasteiger partial charge in [0, 0.05) is 17.2 Å². The second kappa shape index (κ2) is 10.7. The molecule has 0 bridgehead atoms. The fourth-order valence-electron chi connectivity index (χ4n) is 3.85. The number of rotatable bonds is 4. The van der Waals surface area contributed by atoms with E-state index in [1.165, 1.54) is 77.7 Å². The summed E-state index contributed by atoms with van der Waals surface area (Å²) >= 11 is 0. The van der Waals surface area contributed by atoms with Crippen LogP contribution in [0.5, 0.6) is 0 Å². The minimum atomic E-state index is -4.47. The minimum Gasteiger partial charge on any atom is -0.330 e. The maximum absolute atomic E-state index is 13.7. The number of likely N-dealkylation sites (tertiary alicyclic amines) is 1. The fraction of sp³-hybridized carbons (Fsp3) is 0.103. The number of ketones is 1. The first-order chi connectivity index (χ1) is 17.6. The average Bonchev–Trinajstić information content (AvgIpc) is 2.84. The van der Waals surface area contributed by atoms with Crippen LogP contribution in [-0.2, 0) is 15.8 Å². The Kier molecular flexibility index (Phi) is 7.47. The summed E-state index contributed by atoms with van der Waals surface area (Å²) in [7, 11) is 0. The highest BCUT2D eigenvalue weighted by molar-refractivity contribution is 6.15. The van der Waals surface area contributed by atoms with E-state index in [0.717, 1.165) is 12.1 Å². The van der Waals surface area contributed by atoms with Crippen molar-refractivity contribution >= 4 is 29.9 Å². The van der Waals surface area contributed by atoms with Crippen molar-refractivity contribution in [2.24, 2.45) is 0 Å². The van der Waals surface area contributed by atoms with Gasteiger partial charge in [-0.15, -0.1) is 0 Å². The second-order valence-corrected chi connectivity index (χ2v) is 8.43. The van der Waals surface area contributed by atoms with Crippen molar-refractivity contribution in [3.8, 4) is 0 Å². The topological polar surface area (TPSA) is 37.4 Å². The number of benzene rings is 3. The lowest BCUT2D eigenvalue weighted by molar-refractivity contribution is -0.137. The average molecular weight is 509 g/mol. The third-order valence-electron chi connectivity index (χ3n) is 5.65. The zero-order valence-electron chi connectivity index (χ0n) is 19.3. The molecule has 0 saturated carbocycles. The lowest BCUT2D eigenvalue weighted by Crippen LogP contribution is -2.40. The Labute approximate surface area is 209 Å². The molecule has 0 aliphatic carbocycles. The highest BCUT2D eigenvalue weighted by atomic mass is 19.4. The van der Waals surface area contributed by atoms with Gasteiger partial charge in [0.2, 0.25) is 5.91 Å². The number of halogens is 5. The molecule has 3 nitrogen and oxygen atoms in total. The second-order valence-electron chi connectivity index (χ2n) is 8.43. The zero-order chi connectivity index (χ0) is 26.6. The van der Waals surface area contributed by atoms with E-state index < -0.39 is 29.3 Å². The summed E-state index contributed by atoms with van der Waals surface area (Å²) in [6.07, 6.45) is 1.10. The van der Waals surface area contributed by atoms with Gasteiger partial charge in [-0.25, -0.2) is 8.78 Å². The molecule has 8 heteroatoms. The Hall–Kier alpha value is -4.33. The smallest absolute Gasteiger partial charge is 0.330 e. The monoisotopic (exact) mass is 509 g/mol. The van der Waals surface area contributed by atoms with E-state index >= 15 is 0 Å². The van der Waals surface area contributed by atoms with Crippen molar-refractivity contribution in [1.82, 2.24) is 4.90 Å². The molecule has 0 atom stereocenters. The lowest BCUT2D eigenvalue weighted by Gasteiger charge is -2.29. The number of hydrogen-bond donors (Lipinski definition) is 0. The van der Waals surface area contributed by atoms with Gasteiger partial charge in [-0.2, -0.15) is 13.2 Å². The molecule has 1 aliphatic rings. The predicted molar refractivity (Wildman–Crippen MR) is 131 cm³/mol. The van der Waals surface area contributed by atoms with Crippen LogP contribution < -0.4 is 0 Å². The van der Waals surface area contributed by atoms with Crippen LogP contribution in [0.3, 0.4) is 0 Å². The molecule has 3 aromatic carbocycles. The van der Waals surface area contributed by atoms with Gasteiger partial charge in [0.1, 0.15) is 11.6 Å². The van der Waals surface area contributed by atoms with Gasteiger partial charge in [-0.05, 0) is 71.3 Å². The number of carbonyl (C=O) groups excluding carboxylic acids is 2. The van der Waals surface area contributed by atoms with Crippen molar-refractivity contribution in [2.45, 2.75) is 6.18 Å². The third-order valence-corrected chi connectivity index (χ3v) is 5.65. The summed E-state index contributed by atoms with van der Waals surface area (Å²) in [6.45, 7) is -0.127. The minimum absolute atomic E-state index is 0.0635. The molecule has 0 spiro atoms. The van der Waals surface area contributed by atoms with E-state index in [4.69, 9.17) is 0 Å². The number of piperidine rings is 1. The Morgan fingerprint density at radius 2 is 1.27 bits per heavy atom. The molecule has 1 aliphatic heterocycles. The normalized spacial score (nSPS) is 16.7. The molecule has 188 valence electrons. The molecule has 0 radical (unpaired) electrons. The Morgan fingerprint density at radius 3 is 1.73 bits per heavy atom. The summed E-state index contributed by atoms with van der Waals surface area (Å²) in [6, 6.07) is 15.6.